The van der Waals surface area contributed by atoms with Gasteiger partial charge in [-0.25, -0.2) is 4.98 Å². The molecule has 1 aromatic heterocycles. The van der Waals surface area contributed by atoms with Crippen LogP contribution in [0.25, 0.3) is 0 Å². The molecule has 0 spiro atoms. The molecule has 0 aliphatic rings. The number of hydrogen-bond donors (Lipinski definition) is 1. The molecule has 0 amide bonds. The summed E-state index contributed by atoms with van der Waals surface area (Å²) in [7, 11) is 1.85. The van der Waals surface area contributed by atoms with Crippen molar-refractivity contribution in [2.24, 2.45) is 5.92 Å². The Labute approximate surface area is 97.5 Å². The molecule has 1 aromatic rings. The van der Waals surface area contributed by atoms with E-state index in [4.69, 9.17) is 4.74 Å². The minimum Gasteiger partial charge on any atom is -0.477 e. The second-order valence-electron chi connectivity index (χ2n) is 4.21. The smallest absolute Gasteiger partial charge is 0.218 e. The molecule has 1 heterocycles. The Morgan fingerprint density at radius 1 is 1.38 bits per heavy atom. The highest BCUT2D eigenvalue weighted by Gasteiger charge is 2.05. The molecule has 0 bridgehead atoms. The molecule has 0 aromatic carbocycles. The number of ether oxygens (including phenoxy) is 1. The predicted molar refractivity (Wildman–Crippen MR) is 65.9 cm³/mol. The van der Waals surface area contributed by atoms with Crippen molar-refractivity contribution in [3.63, 3.8) is 0 Å². The summed E-state index contributed by atoms with van der Waals surface area (Å²) in [6, 6.07) is 1.83. The van der Waals surface area contributed by atoms with E-state index >= 15 is 0 Å². The van der Waals surface area contributed by atoms with Crippen molar-refractivity contribution >= 4 is 5.82 Å². The SMILES string of the molecule is CCCc1nc(NC)cc(OCC(C)C)n1. The lowest BCUT2D eigenvalue weighted by Crippen LogP contribution is -2.08. The van der Waals surface area contributed by atoms with Gasteiger partial charge in [-0.3, -0.25) is 0 Å². The van der Waals surface area contributed by atoms with Gasteiger partial charge < -0.3 is 10.1 Å². The maximum Gasteiger partial charge on any atom is 0.218 e. The molecule has 0 atom stereocenters. The molecule has 0 unspecified atom stereocenters. The van der Waals surface area contributed by atoms with Crippen LogP contribution >= 0.6 is 0 Å². The first kappa shape index (κ1) is 12.7. The van der Waals surface area contributed by atoms with Crippen LogP contribution in [0.4, 0.5) is 5.82 Å². The van der Waals surface area contributed by atoms with E-state index in [2.05, 4.69) is 36.1 Å². The van der Waals surface area contributed by atoms with Crippen molar-refractivity contribution in [3.8, 4) is 5.88 Å². The Morgan fingerprint density at radius 3 is 2.69 bits per heavy atom. The van der Waals surface area contributed by atoms with E-state index in [1.54, 1.807) is 0 Å². The molecule has 0 saturated carbocycles. The minimum absolute atomic E-state index is 0.502. The fourth-order valence-corrected chi connectivity index (χ4v) is 1.26. The number of hydrogen-bond acceptors (Lipinski definition) is 4. The van der Waals surface area contributed by atoms with Gasteiger partial charge >= 0.3 is 0 Å². The highest BCUT2D eigenvalue weighted by atomic mass is 16.5. The summed E-state index contributed by atoms with van der Waals surface area (Å²) >= 11 is 0. The summed E-state index contributed by atoms with van der Waals surface area (Å²) in [4.78, 5) is 8.74. The van der Waals surface area contributed by atoms with Gasteiger partial charge in [0, 0.05) is 19.5 Å². The number of anilines is 1. The largest absolute Gasteiger partial charge is 0.477 e. The van der Waals surface area contributed by atoms with Crippen LogP contribution in [-0.4, -0.2) is 23.6 Å². The highest BCUT2D eigenvalue weighted by Crippen LogP contribution is 2.14. The first-order valence-corrected chi connectivity index (χ1v) is 5.84. The summed E-state index contributed by atoms with van der Waals surface area (Å²) in [5.41, 5.74) is 0. The first-order chi connectivity index (χ1) is 7.65. The molecule has 16 heavy (non-hydrogen) atoms. The van der Waals surface area contributed by atoms with Crippen LogP contribution < -0.4 is 10.1 Å². The summed E-state index contributed by atoms with van der Waals surface area (Å²) in [5, 5.41) is 3.02. The summed E-state index contributed by atoms with van der Waals surface area (Å²) in [6.45, 7) is 7.04. The van der Waals surface area contributed by atoms with E-state index in [0.29, 0.717) is 18.4 Å². The lowest BCUT2D eigenvalue weighted by atomic mass is 10.2. The third-order valence-corrected chi connectivity index (χ3v) is 2.04. The van der Waals surface area contributed by atoms with Crippen molar-refractivity contribution in [2.45, 2.75) is 33.6 Å². The molecule has 90 valence electrons. The molecule has 0 aliphatic heterocycles. The lowest BCUT2D eigenvalue weighted by Gasteiger charge is -2.10. The fraction of sp³-hybridized carbons (Fsp3) is 0.667. The monoisotopic (exact) mass is 223 g/mol. The molecule has 1 N–H and O–H groups in total. The Morgan fingerprint density at radius 2 is 2.12 bits per heavy atom. The second kappa shape index (κ2) is 6.30. The summed E-state index contributed by atoms with van der Waals surface area (Å²) in [5.74, 6) is 2.82. The van der Waals surface area contributed by atoms with Crippen LogP contribution in [0.15, 0.2) is 6.07 Å². The molecular formula is C12H21N3O. The Hall–Kier alpha value is -1.32. The van der Waals surface area contributed by atoms with Gasteiger partial charge in [-0.05, 0) is 12.3 Å². The molecule has 0 radical (unpaired) electrons. The first-order valence-electron chi connectivity index (χ1n) is 5.84. The third-order valence-electron chi connectivity index (χ3n) is 2.04. The van der Waals surface area contributed by atoms with E-state index in [0.717, 1.165) is 24.5 Å². The summed E-state index contributed by atoms with van der Waals surface area (Å²) in [6.07, 6.45) is 1.92. The van der Waals surface area contributed by atoms with Crippen molar-refractivity contribution in [2.75, 3.05) is 19.0 Å². The van der Waals surface area contributed by atoms with E-state index in [1.807, 2.05) is 13.1 Å². The molecule has 0 fully saturated rings. The Bertz CT molecular complexity index is 326. The fourth-order valence-electron chi connectivity index (χ4n) is 1.26. The van der Waals surface area contributed by atoms with Crippen molar-refractivity contribution < 1.29 is 4.74 Å². The maximum absolute atomic E-state index is 5.61. The number of aryl methyl sites for hydroxylation is 1. The van der Waals surface area contributed by atoms with Gasteiger partial charge in [-0.2, -0.15) is 4.98 Å². The van der Waals surface area contributed by atoms with Crippen LogP contribution in [0.2, 0.25) is 0 Å². The number of nitrogens with zero attached hydrogens (tertiary/aromatic N) is 2. The van der Waals surface area contributed by atoms with Crippen molar-refractivity contribution in [3.05, 3.63) is 11.9 Å². The van der Waals surface area contributed by atoms with Crippen molar-refractivity contribution in [1.29, 1.82) is 0 Å². The average molecular weight is 223 g/mol. The third kappa shape index (κ3) is 4.04. The lowest BCUT2D eigenvalue weighted by molar-refractivity contribution is 0.260. The molecule has 0 saturated heterocycles. The minimum atomic E-state index is 0.502. The zero-order valence-electron chi connectivity index (χ0n) is 10.6. The molecule has 1 rings (SSSR count). The molecule has 4 nitrogen and oxygen atoms in total. The van der Waals surface area contributed by atoms with Gasteiger partial charge in [-0.1, -0.05) is 20.8 Å². The van der Waals surface area contributed by atoms with E-state index < -0.39 is 0 Å². The Balaban J connectivity index is 2.77. The Kier molecular flexibility index (Phi) is 5.02. The van der Waals surface area contributed by atoms with Gasteiger partial charge in [0.25, 0.3) is 0 Å². The van der Waals surface area contributed by atoms with Crippen LogP contribution in [0.5, 0.6) is 5.88 Å². The molecular weight excluding hydrogens is 202 g/mol. The van der Waals surface area contributed by atoms with E-state index in [-0.39, 0.29) is 0 Å². The number of rotatable bonds is 6. The summed E-state index contributed by atoms with van der Waals surface area (Å²) < 4.78 is 5.61. The van der Waals surface area contributed by atoms with Gasteiger partial charge in [0.15, 0.2) is 0 Å². The normalized spacial score (nSPS) is 10.6. The standard InChI is InChI=1S/C12H21N3O/c1-5-6-10-14-11(13-4)7-12(15-10)16-8-9(2)3/h7,9H,5-6,8H2,1-4H3,(H,13,14,15). The van der Waals surface area contributed by atoms with Crippen LogP contribution in [0, 0.1) is 5.92 Å². The van der Waals surface area contributed by atoms with Gasteiger partial charge in [-0.15, -0.1) is 0 Å². The maximum atomic E-state index is 5.61. The molecule has 0 aliphatic carbocycles. The van der Waals surface area contributed by atoms with Gasteiger partial charge in [0.2, 0.25) is 5.88 Å². The van der Waals surface area contributed by atoms with Gasteiger partial charge in [0.1, 0.15) is 11.6 Å². The topological polar surface area (TPSA) is 47.0 Å². The van der Waals surface area contributed by atoms with Crippen LogP contribution in [0.1, 0.15) is 33.0 Å². The zero-order chi connectivity index (χ0) is 12.0. The van der Waals surface area contributed by atoms with Crippen LogP contribution in [-0.2, 0) is 6.42 Å². The highest BCUT2D eigenvalue weighted by molar-refractivity contribution is 5.37. The van der Waals surface area contributed by atoms with Crippen LogP contribution in [0.3, 0.4) is 0 Å². The van der Waals surface area contributed by atoms with Crippen molar-refractivity contribution in [1.82, 2.24) is 9.97 Å². The van der Waals surface area contributed by atoms with E-state index in [1.165, 1.54) is 0 Å². The quantitative estimate of drug-likeness (QED) is 0.805. The molecule has 4 heteroatoms. The number of nitrogens with one attached hydrogen (secondary N) is 1. The van der Waals surface area contributed by atoms with Gasteiger partial charge in [0.05, 0.1) is 6.61 Å². The average Bonchev–Trinajstić information content (AvgIpc) is 2.26. The number of aromatic nitrogens is 2. The second-order valence-corrected chi connectivity index (χ2v) is 4.21. The predicted octanol–water partition coefficient (Wildman–Crippen LogP) is 2.51. The zero-order valence-corrected chi connectivity index (χ0v) is 10.6. The van der Waals surface area contributed by atoms with E-state index in [9.17, 15) is 0 Å².